The van der Waals surface area contributed by atoms with Crippen LogP contribution in [0.5, 0.6) is 0 Å². The summed E-state index contributed by atoms with van der Waals surface area (Å²) in [4.78, 5) is 6.76. The summed E-state index contributed by atoms with van der Waals surface area (Å²) in [6, 6.07) is -0.130. The zero-order valence-corrected chi connectivity index (χ0v) is 10.7. The van der Waals surface area contributed by atoms with Crippen LogP contribution in [-0.2, 0) is 0 Å². The SMILES string of the molecule is CCC(C)c1nc(C(N)CN2CCCC2)no1. The summed E-state index contributed by atoms with van der Waals surface area (Å²) >= 11 is 0. The van der Waals surface area contributed by atoms with Crippen molar-refractivity contribution in [3.8, 4) is 0 Å². The number of nitrogens with zero attached hydrogens (tertiary/aromatic N) is 3. The van der Waals surface area contributed by atoms with E-state index in [4.69, 9.17) is 10.3 Å². The van der Waals surface area contributed by atoms with E-state index in [9.17, 15) is 0 Å². The van der Waals surface area contributed by atoms with Gasteiger partial charge >= 0.3 is 0 Å². The number of nitrogens with two attached hydrogens (primary N) is 1. The number of hydrogen-bond donors (Lipinski definition) is 1. The first-order chi connectivity index (χ1) is 8.20. The molecule has 0 saturated carbocycles. The quantitative estimate of drug-likeness (QED) is 0.845. The van der Waals surface area contributed by atoms with E-state index in [1.54, 1.807) is 0 Å². The van der Waals surface area contributed by atoms with Crippen LogP contribution in [0.1, 0.15) is 56.8 Å². The van der Waals surface area contributed by atoms with E-state index in [1.165, 1.54) is 12.8 Å². The van der Waals surface area contributed by atoms with Crippen molar-refractivity contribution >= 4 is 0 Å². The largest absolute Gasteiger partial charge is 0.339 e. The van der Waals surface area contributed by atoms with Gasteiger partial charge in [0.05, 0.1) is 6.04 Å². The molecule has 1 aromatic rings. The van der Waals surface area contributed by atoms with Crippen molar-refractivity contribution in [2.75, 3.05) is 19.6 Å². The van der Waals surface area contributed by atoms with Crippen LogP contribution in [0.15, 0.2) is 4.52 Å². The van der Waals surface area contributed by atoms with E-state index < -0.39 is 0 Å². The molecule has 1 fully saturated rings. The molecule has 2 heterocycles. The van der Waals surface area contributed by atoms with Gasteiger partial charge in [-0.2, -0.15) is 4.98 Å². The maximum atomic E-state index is 6.10. The van der Waals surface area contributed by atoms with Crippen molar-refractivity contribution < 1.29 is 4.52 Å². The van der Waals surface area contributed by atoms with E-state index in [2.05, 4.69) is 28.9 Å². The zero-order valence-electron chi connectivity index (χ0n) is 10.7. The Kier molecular flexibility index (Phi) is 4.12. The molecule has 0 aliphatic carbocycles. The summed E-state index contributed by atoms with van der Waals surface area (Å²) in [5, 5.41) is 3.99. The van der Waals surface area contributed by atoms with E-state index in [-0.39, 0.29) is 6.04 Å². The van der Waals surface area contributed by atoms with E-state index in [0.29, 0.717) is 17.6 Å². The highest BCUT2D eigenvalue weighted by atomic mass is 16.5. The lowest BCUT2D eigenvalue weighted by molar-refractivity contribution is 0.303. The predicted molar refractivity (Wildman–Crippen MR) is 65.6 cm³/mol. The number of hydrogen-bond acceptors (Lipinski definition) is 5. The van der Waals surface area contributed by atoms with E-state index >= 15 is 0 Å². The van der Waals surface area contributed by atoms with Crippen molar-refractivity contribution in [3.05, 3.63) is 11.7 Å². The molecule has 2 rings (SSSR count). The van der Waals surface area contributed by atoms with Gasteiger partial charge in [0.2, 0.25) is 5.89 Å². The fraction of sp³-hybridized carbons (Fsp3) is 0.833. The van der Waals surface area contributed by atoms with Crippen LogP contribution in [0.3, 0.4) is 0 Å². The summed E-state index contributed by atoms with van der Waals surface area (Å²) in [5.74, 6) is 1.67. The Hall–Kier alpha value is -0.940. The highest BCUT2D eigenvalue weighted by Crippen LogP contribution is 2.19. The molecule has 1 saturated heterocycles. The first-order valence-electron chi connectivity index (χ1n) is 6.52. The Balaban J connectivity index is 1.94. The topological polar surface area (TPSA) is 68.2 Å². The summed E-state index contributed by atoms with van der Waals surface area (Å²) in [7, 11) is 0. The molecule has 2 atom stereocenters. The van der Waals surface area contributed by atoms with Crippen LogP contribution >= 0.6 is 0 Å². The average Bonchev–Trinajstić information content (AvgIpc) is 2.98. The molecule has 1 aliphatic heterocycles. The van der Waals surface area contributed by atoms with Crippen molar-refractivity contribution in [1.29, 1.82) is 0 Å². The smallest absolute Gasteiger partial charge is 0.229 e. The van der Waals surface area contributed by atoms with Crippen molar-refractivity contribution in [3.63, 3.8) is 0 Å². The van der Waals surface area contributed by atoms with Gasteiger partial charge < -0.3 is 15.2 Å². The molecule has 0 spiro atoms. The minimum atomic E-state index is -0.130. The second-order valence-electron chi connectivity index (χ2n) is 4.91. The van der Waals surface area contributed by atoms with Gasteiger partial charge in [-0.3, -0.25) is 0 Å². The fourth-order valence-electron chi connectivity index (χ4n) is 2.10. The third-order valence-corrected chi connectivity index (χ3v) is 3.48. The van der Waals surface area contributed by atoms with Crippen LogP contribution in [0, 0.1) is 0 Å². The molecule has 1 aromatic heterocycles. The number of aromatic nitrogens is 2. The van der Waals surface area contributed by atoms with Gasteiger partial charge in [0.25, 0.3) is 0 Å². The second-order valence-corrected chi connectivity index (χ2v) is 4.91. The number of rotatable bonds is 5. The Bertz CT molecular complexity index is 346. The maximum Gasteiger partial charge on any atom is 0.229 e. The Morgan fingerprint density at radius 3 is 2.76 bits per heavy atom. The molecule has 96 valence electrons. The molecule has 0 bridgehead atoms. The molecule has 0 radical (unpaired) electrons. The summed E-state index contributed by atoms with van der Waals surface area (Å²) in [6.45, 7) is 7.31. The lowest BCUT2D eigenvalue weighted by atomic mass is 10.1. The normalized spacial score (nSPS) is 20.6. The molecule has 17 heavy (non-hydrogen) atoms. The van der Waals surface area contributed by atoms with Crippen molar-refractivity contribution in [2.45, 2.75) is 45.1 Å². The molecule has 2 unspecified atom stereocenters. The lowest BCUT2D eigenvalue weighted by Gasteiger charge is -2.17. The Morgan fingerprint density at radius 1 is 1.41 bits per heavy atom. The van der Waals surface area contributed by atoms with Gasteiger partial charge in [0.1, 0.15) is 0 Å². The molecule has 0 aromatic carbocycles. The molecule has 2 N–H and O–H groups in total. The van der Waals surface area contributed by atoms with Gasteiger partial charge in [-0.1, -0.05) is 19.0 Å². The third kappa shape index (κ3) is 3.04. The average molecular weight is 238 g/mol. The molecule has 0 amide bonds. The highest BCUT2D eigenvalue weighted by Gasteiger charge is 2.21. The first kappa shape index (κ1) is 12.5. The third-order valence-electron chi connectivity index (χ3n) is 3.48. The van der Waals surface area contributed by atoms with Crippen LogP contribution in [0.2, 0.25) is 0 Å². The van der Waals surface area contributed by atoms with Gasteiger partial charge in [-0.15, -0.1) is 0 Å². The molecule has 1 aliphatic rings. The second kappa shape index (κ2) is 5.60. The fourth-order valence-corrected chi connectivity index (χ4v) is 2.10. The summed E-state index contributed by atoms with van der Waals surface area (Å²) in [6.07, 6.45) is 3.55. The Labute approximate surface area is 102 Å². The minimum Gasteiger partial charge on any atom is -0.339 e. The monoisotopic (exact) mass is 238 g/mol. The van der Waals surface area contributed by atoms with Gasteiger partial charge in [-0.25, -0.2) is 0 Å². The van der Waals surface area contributed by atoms with Crippen LogP contribution < -0.4 is 5.73 Å². The highest BCUT2D eigenvalue weighted by molar-refractivity contribution is 4.97. The van der Waals surface area contributed by atoms with Gasteiger partial charge in [0, 0.05) is 12.5 Å². The minimum absolute atomic E-state index is 0.130. The number of likely N-dealkylation sites (tertiary alicyclic amines) is 1. The lowest BCUT2D eigenvalue weighted by Crippen LogP contribution is -2.30. The maximum absolute atomic E-state index is 6.10. The molecule has 5 nitrogen and oxygen atoms in total. The van der Waals surface area contributed by atoms with Crippen LogP contribution in [0.25, 0.3) is 0 Å². The van der Waals surface area contributed by atoms with Gasteiger partial charge in [0.15, 0.2) is 5.82 Å². The predicted octanol–water partition coefficient (Wildman–Crippen LogP) is 1.68. The van der Waals surface area contributed by atoms with E-state index in [1.807, 2.05) is 0 Å². The first-order valence-corrected chi connectivity index (χ1v) is 6.52. The van der Waals surface area contributed by atoms with Crippen molar-refractivity contribution in [1.82, 2.24) is 15.0 Å². The standard InChI is InChI=1S/C12H22N4O/c1-3-9(2)12-14-11(15-17-12)10(13)8-16-6-4-5-7-16/h9-10H,3-8,13H2,1-2H3. The van der Waals surface area contributed by atoms with Crippen molar-refractivity contribution in [2.24, 2.45) is 5.73 Å². The Morgan fingerprint density at radius 2 is 2.12 bits per heavy atom. The molecular weight excluding hydrogens is 216 g/mol. The summed E-state index contributed by atoms with van der Waals surface area (Å²) in [5.41, 5.74) is 6.10. The van der Waals surface area contributed by atoms with Crippen LogP contribution in [-0.4, -0.2) is 34.7 Å². The van der Waals surface area contributed by atoms with Crippen LogP contribution in [0.4, 0.5) is 0 Å². The zero-order chi connectivity index (χ0) is 12.3. The molecular formula is C12H22N4O. The summed E-state index contributed by atoms with van der Waals surface area (Å²) < 4.78 is 5.24. The van der Waals surface area contributed by atoms with Gasteiger partial charge in [-0.05, 0) is 32.4 Å². The van der Waals surface area contributed by atoms with E-state index in [0.717, 1.165) is 26.1 Å². The molecule has 5 heteroatoms.